The van der Waals surface area contributed by atoms with Crippen LogP contribution in [0.15, 0.2) is 41.3 Å². The summed E-state index contributed by atoms with van der Waals surface area (Å²) >= 11 is 0. The van der Waals surface area contributed by atoms with Crippen LogP contribution in [0.25, 0.3) is 10.8 Å². The third-order valence-electron chi connectivity index (χ3n) is 4.14. The standard InChI is InChI=1S/C19H19N5O4/c1-3-8-24-19(28)14-7-5-4-6-13(14)16(23-24)18(27)22-21-17(26)15-9-12(10-20-15)11(2)25/h4-7,9-10,20H,3,8H2,1-2H3,(H,21,26)(H,22,27). The number of nitrogens with zero attached hydrogens (tertiary/aromatic N) is 2. The van der Waals surface area contributed by atoms with E-state index in [1.807, 2.05) is 6.92 Å². The number of aryl methyl sites for hydroxylation is 1. The fourth-order valence-electron chi connectivity index (χ4n) is 2.73. The van der Waals surface area contributed by atoms with E-state index in [4.69, 9.17) is 0 Å². The Morgan fingerprint density at radius 2 is 1.79 bits per heavy atom. The Labute approximate surface area is 159 Å². The third kappa shape index (κ3) is 3.68. The molecule has 0 saturated heterocycles. The maximum atomic E-state index is 12.6. The molecule has 144 valence electrons. The molecular weight excluding hydrogens is 362 g/mol. The molecule has 0 aliphatic rings. The topological polar surface area (TPSA) is 126 Å². The molecule has 28 heavy (non-hydrogen) atoms. The number of nitrogens with one attached hydrogen (secondary N) is 3. The quantitative estimate of drug-likeness (QED) is 0.455. The number of Topliss-reactive ketones (excluding diaryl/α,β-unsaturated/α-hetero) is 1. The summed E-state index contributed by atoms with van der Waals surface area (Å²) in [6.07, 6.45) is 2.09. The largest absolute Gasteiger partial charge is 0.356 e. The van der Waals surface area contributed by atoms with E-state index in [9.17, 15) is 19.2 Å². The van der Waals surface area contributed by atoms with Crippen molar-refractivity contribution < 1.29 is 14.4 Å². The number of rotatable bonds is 5. The van der Waals surface area contributed by atoms with Crippen LogP contribution in [-0.4, -0.2) is 32.4 Å². The fourth-order valence-corrected chi connectivity index (χ4v) is 2.73. The van der Waals surface area contributed by atoms with Crippen LogP contribution >= 0.6 is 0 Å². The minimum absolute atomic E-state index is 0.0276. The molecule has 9 heteroatoms. The molecule has 0 radical (unpaired) electrons. The van der Waals surface area contributed by atoms with E-state index in [2.05, 4.69) is 20.9 Å². The minimum Gasteiger partial charge on any atom is -0.356 e. The number of aromatic nitrogens is 3. The molecule has 0 saturated carbocycles. The fraction of sp³-hybridized carbons (Fsp3) is 0.211. The number of hydrogen-bond acceptors (Lipinski definition) is 5. The zero-order chi connectivity index (χ0) is 20.3. The first-order chi connectivity index (χ1) is 13.4. The lowest BCUT2D eigenvalue weighted by molar-refractivity contribution is 0.0841. The smallest absolute Gasteiger partial charge is 0.290 e. The van der Waals surface area contributed by atoms with Gasteiger partial charge in [0, 0.05) is 23.7 Å². The molecular formula is C19H19N5O4. The van der Waals surface area contributed by atoms with Crippen molar-refractivity contribution >= 4 is 28.4 Å². The Morgan fingerprint density at radius 3 is 2.43 bits per heavy atom. The molecule has 3 aromatic rings. The van der Waals surface area contributed by atoms with E-state index >= 15 is 0 Å². The van der Waals surface area contributed by atoms with Crippen molar-refractivity contribution in [2.45, 2.75) is 26.8 Å². The van der Waals surface area contributed by atoms with Gasteiger partial charge in [-0.3, -0.25) is 30.0 Å². The first-order valence-electron chi connectivity index (χ1n) is 8.72. The predicted octanol–water partition coefficient (Wildman–Crippen LogP) is 1.41. The summed E-state index contributed by atoms with van der Waals surface area (Å²) in [6.45, 7) is 3.65. The Kier molecular flexibility index (Phi) is 5.35. The highest BCUT2D eigenvalue weighted by atomic mass is 16.2. The Hall–Kier alpha value is -3.75. The van der Waals surface area contributed by atoms with Crippen molar-refractivity contribution in [3.05, 3.63) is 63.8 Å². The van der Waals surface area contributed by atoms with E-state index in [1.54, 1.807) is 24.3 Å². The molecule has 9 nitrogen and oxygen atoms in total. The highest BCUT2D eigenvalue weighted by Crippen LogP contribution is 2.13. The van der Waals surface area contributed by atoms with Gasteiger partial charge in [-0.2, -0.15) is 5.10 Å². The lowest BCUT2D eigenvalue weighted by Gasteiger charge is -2.11. The highest BCUT2D eigenvalue weighted by molar-refractivity contribution is 6.06. The van der Waals surface area contributed by atoms with Crippen molar-refractivity contribution in [1.29, 1.82) is 0 Å². The van der Waals surface area contributed by atoms with E-state index in [0.717, 1.165) is 0 Å². The highest BCUT2D eigenvalue weighted by Gasteiger charge is 2.18. The van der Waals surface area contributed by atoms with Crippen LogP contribution in [-0.2, 0) is 6.54 Å². The molecule has 0 aliphatic heterocycles. The molecule has 2 aromatic heterocycles. The van der Waals surface area contributed by atoms with Gasteiger partial charge in [0.1, 0.15) is 5.69 Å². The second-order valence-corrected chi connectivity index (χ2v) is 6.19. The monoisotopic (exact) mass is 381 g/mol. The average Bonchev–Trinajstić information content (AvgIpc) is 3.19. The Bertz CT molecular complexity index is 1130. The van der Waals surface area contributed by atoms with Gasteiger partial charge >= 0.3 is 0 Å². The second-order valence-electron chi connectivity index (χ2n) is 6.19. The van der Waals surface area contributed by atoms with Crippen molar-refractivity contribution in [1.82, 2.24) is 25.6 Å². The van der Waals surface area contributed by atoms with Crippen LogP contribution in [0, 0.1) is 0 Å². The van der Waals surface area contributed by atoms with Crippen LogP contribution in [0.2, 0.25) is 0 Å². The number of ketones is 1. The number of amides is 2. The number of H-pyrrole nitrogens is 1. The van der Waals surface area contributed by atoms with E-state index in [0.29, 0.717) is 29.3 Å². The lowest BCUT2D eigenvalue weighted by Crippen LogP contribution is -2.43. The SMILES string of the molecule is CCCn1nc(C(=O)NNC(=O)c2cc(C(C)=O)c[nH]2)c2ccccc2c1=O. The van der Waals surface area contributed by atoms with Gasteiger partial charge in [-0.05, 0) is 25.5 Å². The van der Waals surface area contributed by atoms with Crippen LogP contribution < -0.4 is 16.4 Å². The maximum absolute atomic E-state index is 12.6. The maximum Gasteiger partial charge on any atom is 0.290 e. The summed E-state index contributed by atoms with van der Waals surface area (Å²) in [5.74, 6) is -1.46. The van der Waals surface area contributed by atoms with Gasteiger partial charge in [0.05, 0.1) is 5.39 Å². The molecule has 0 atom stereocenters. The Morgan fingerprint density at radius 1 is 1.11 bits per heavy atom. The van der Waals surface area contributed by atoms with Gasteiger partial charge in [-0.25, -0.2) is 4.68 Å². The molecule has 3 rings (SSSR count). The second kappa shape index (κ2) is 7.87. The van der Waals surface area contributed by atoms with Crippen molar-refractivity contribution in [2.24, 2.45) is 0 Å². The molecule has 0 fully saturated rings. The molecule has 0 aliphatic carbocycles. The van der Waals surface area contributed by atoms with Gasteiger partial charge in [0.2, 0.25) is 0 Å². The van der Waals surface area contributed by atoms with Crippen LogP contribution in [0.1, 0.15) is 51.6 Å². The first kappa shape index (κ1) is 19.0. The molecule has 0 bridgehead atoms. The summed E-state index contributed by atoms with van der Waals surface area (Å²) in [4.78, 5) is 51.2. The van der Waals surface area contributed by atoms with Crippen molar-refractivity contribution in [3.8, 4) is 0 Å². The van der Waals surface area contributed by atoms with Gasteiger partial charge in [0.15, 0.2) is 11.5 Å². The van der Waals surface area contributed by atoms with E-state index < -0.39 is 11.8 Å². The molecule has 1 aromatic carbocycles. The van der Waals surface area contributed by atoms with Gasteiger partial charge in [-0.15, -0.1) is 0 Å². The summed E-state index contributed by atoms with van der Waals surface area (Å²) in [7, 11) is 0. The Balaban J connectivity index is 1.84. The number of hydrogen-bond donors (Lipinski definition) is 3. The molecule has 0 spiro atoms. The molecule has 2 heterocycles. The van der Waals surface area contributed by atoms with E-state index in [-0.39, 0.29) is 22.7 Å². The third-order valence-corrected chi connectivity index (χ3v) is 4.14. The number of carbonyl (C=O) groups excluding carboxylic acids is 3. The minimum atomic E-state index is -0.659. The van der Waals surface area contributed by atoms with Gasteiger partial charge < -0.3 is 4.98 Å². The van der Waals surface area contributed by atoms with Gasteiger partial charge in [-0.1, -0.05) is 25.1 Å². The zero-order valence-electron chi connectivity index (χ0n) is 15.4. The summed E-state index contributed by atoms with van der Waals surface area (Å²) in [5, 5.41) is 4.92. The van der Waals surface area contributed by atoms with Crippen LogP contribution in [0.5, 0.6) is 0 Å². The number of benzene rings is 1. The molecule has 2 amide bonds. The molecule has 3 N–H and O–H groups in total. The normalized spacial score (nSPS) is 10.6. The molecule has 0 unspecified atom stereocenters. The first-order valence-corrected chi connectivity index (χ1v) is 8.72. The average molecular weight is 381 g/mol. The summed E-state index contributed by atoms with van der Waals surface area (Å²) in [5.41, 5.74) is 4.80. The van der Waals surface area contributed by atoms with Crippen molar-refractivity contribution in [3.63, 3.8) is 0 Å². The number of hydrazine groups is 1. The van der Waals surface area contributed by atoms with Crippen LogP contribution in [0.3, 0.4) is 0 Å². The van der Waals surface area contributed by atoms with Crippen LogP contribution in [0.4, 0.5) is 0 Å². The lowest BCUT2D eigenvalue weighted by atomic mass is 10.1. The summed E-state index contributed by atoms with van der Waals surface area (Å²) in [6, 6.07) is 8.05. The number of aromatic amines is 1. The zero-order valence-corrected chi connectivity index (χ0v) is 15.4. The predicted molar refractivity (Wildman–Crippen MR) is 102 cm³/mol. The number of carbonyl (C=O) groups is 3. The number of fused-ring (bicyclic) bond motifs is 1. The van der Waals surface area contributed by atoms with Gasteiger partial charge in [0.25, 0.3) is 17.4 Å². The van der Waals surface area contributed by atoms with Crippen molar-refractivity contribution in [2.75, 3.05) is 0 Å². The van der Waals surface area contributed by atoms with E-state index in [1.165, 1.54) is 23.9 Å². The summed E-state index contributed by atoms with van der Waals surface area (Å²) < 4.78 is 1.24.